The minimum atomic E-state index is -0.288. The Balaban J connectivity index is 0.000000687. The molecule has 2 saturated heterocycles. The van der Waals surface area contributed by atoms with E-state index in [1.54, 1.807) is 0 Å². The molecule has 1 spiro atoms. The predicted molar refractivity (Wildman–Crippen MR) is 115 cm³/mol. The third-order valence-electron chi connectivity index (χ3n) is 6.53. The van der Waals surface area contributed by atoms with Gasteiger partial charge in [-0.25, -0.2) is 4.98 Å². The van der Waals surface area contributed by atoms with Gasteiger partial charge in [0.2, 0.25) is 5.91 Å². The van der Waals surface area contributed by atoms with Gasteiger partial charge >= 0.3 is 0 Å². The highest BCUT2D eigenvalue weighted by molar-refractivity contribution is 5.86. The Morgan fingerprint density at radius 1 is 1.20 bits per heavy atom. The number of carboxylic acid groups (broad SMARTS) is 1. The summed E-state index contributed by atoms with van der Waals surface area (Å²) in [6, 6.07) is 6.88. The zero-order valence-corrected chi connectivity index (χ0v) is 17.4. The molecule has 0 saturated carbocycles. The van der Waals surface area contributed by atoms with Crippen molar-refractivity contribution in [2.75, 3.05) is 31.1 Å². The molecule has 3 heterocycles. The molecule has 3 aliphatic rings. The second-order valence-corrected chi connectivity index (χ2v) is 8.44. The number of ether oxygens (including phenoxy) is 1. The number of pyridine rings is 1. The summed E-state index contributed by atoms with van der Waals surface area (Å²) in [6.45, 7) is 4.95. The molecular weight excluding hydrogens is 382 g/mol. The van der Waals surface area contributed by atoms with Crippen LogP contribution in [0.4, 0.5) is 5.82 Å². The number of aromatic nitrogens is 1. The highest BCUT2D eigenvalue weighted by atomic mass is 16.5. The number of amides is 1. The number of aryl methyl sites for hydroxylation is 3. The van der Waals surface area contributed by atoms with Gasteiger partial charge in [-0.2, -0.15) is 0 Å². The fraction of sp³-hybridized carbons (Fsp3) is 0.522. The Labute approximate surface area is 176 Å². The SMILES string of the molecule is Cc1cc(N2CCC3(CC2)CC(=O)NCCO3)nc2cc3c(cc12)CCC3.O=CO. The van der Waals surface area contributed by atoms with Crippen LogP contribution in [0.5, 0.6) is 0 Å². The number of fused-ring (bicyclic) bond motifs is 2. The quantitative estimate of drug-likeness (QED) is 0.701. The van der Waals surface area contributed by atoms with Crippen LogP contribution in [0, 0.1) is 6.92 Å². The van der Waals surface area contributed by atoms with Crippen LogP contribution in [-0.4, -0.2) is 54.3 Å². The van der Waals surface area contributed by atoms with Gasteiger partial charge in [-0.05, 0) is 73.9 Å². The van der Waals surface area contributed by atoms with E-state index in [0.717, 1.165) is 37.3 Å². The van der Waals surface area contributed by atoms with Gasteiger partial charge in [0.25, 0.3) is 6.47 Å². The smallest absolute Gasteiger partial charge is 0.290 e. The number of hydrogen-bond acceptors (Lipinski definition) is 5. The number of nitrogens with one attached hydrogen (secondary N) is 1. The van der Waals surface area contributed by atoms with Crippen LogP contribution < -0.4 is 10.2 Å². The second kappa shape index (κ2) is 8.60. The molecule has 7 nitrogen and oxygen atoms in total. The first-order chi connectivity index (χ1) is 14.5. The molecule has 5 rings (SSSR count). The van der Waals surface area contributed by atoms with Crippen molar-refractivity contribution in [2.24, 2.45) is 0 Å². The van der Waals surface area contributed by atoms with Crippen LogP contribution in [0.1, 0.15) is 42.4 Å². The number of benzene rings is 1. The molecule has 0 atom stereocenters. The molecule has 1 aromatic heterocycles. The molecule has 160 valence electrons. The van der Waals surface area contributed by atoms with Crippen molar-refractivity contribution >= 4 is 29.1 Å². The van der Waals surface area contributed by atoms with Gasteiger partial charge in [0, 0.05) is 25.0 Å². The number of nitrogens with zero attached hydrogens (tertiary/aromatic N) is 2. The number of hydrogen-bond donors (Lipinski definition) is 2. The monoisotopic (exact) mass is 411 g/mol. The first-order valence-corrected chi connectivity index (χ1v) is 10.7. The lowest BCUT2D eigenvalue weighted by Crippen LogP contribution is -2.47. The Morgan fingerprint density at radius 2 is 1.90 bits per heavy atom. The molecule has 2 aromatic rings. The Kier molecular flexibility index (Phi) is 5.90. The van der Waals surface area contributed by atoms with E-state index in [1.165, 1.54) is 41.3 Å². The highest BCUT2D eigenvalue weighted by Gasteiger charge is 2.39. The summed E-state index contributed by atoms with van der Waals surface area (Å²) in [5, 5.41) is 11.1. The van der Waals surface area contributed by atoms with E-state index in [4.69, 9.17) is 19.6 Å². The first-order valence-electron chi connectivity index (χ1n) is 10.7. The van der Waals surface area contributed by atoms with E-state index >= 15 is 0 Å². The molecule has 7 heteroatoms. The molecule has 2 aliphatic heterocycles. The summed E-state index contributed by atoms with van der Waals surface area (Å²) < 4.78 is 6.10. The normalized spacial score (nSPS) is 20.2. The Hall–Kier alpha value is -2.67. The summed E-state index contributed by atoms with van der Waals surface area (Å²) in [4.78, 5) is 27.7. The van der Waals surface area contributed by atoms with Crippen molar-refractivity contribution < 1.29 is 19.4 Å². The summed E-state index contributed by atoms with van der Waals surface area (Å²) in [5.41, 5.74) is 5.11. The van der Waals surface area contributed by atoms with Gasteiger partial charge in [0.15, 0.2) is 0 Å². The second-order valence-electron chi connectivity index (χ2n) is 8.44. The predicted octanol–water partition coefficient (Wildman–Crippen LogP) is 2.61. The molecule has 0 radical (unpaired) electrons. The number of carbonyl (C=O) groups excluding carboxylic acids is 1. The van der Waals surface area contributed by atoms with Crippen molar-refractivity contribution in [2.45, 2.75) is 51.0 Å². The van der Waals surface area contributed by atoms with Crippen LogP contribution in [-0.2, 0) is 27.2 Å². The maximum Gasteiger partial charge on any atom is 0.290 e. The summed E-state index contributed by atoms with van der Waals surface area (Å²) in [6.07, 6.45) is 5.89. The van der Waals surface area contributed by atoms with E-state index in [1.807, 2.05) is 0 Å². The minimum Gasteiger partial charge on any atom is -0.483 e. The van der Waals surface area contributed by atoms with Crippen LogP contribution >= 0.6 is 0 Å². The average molecular weight is 412 g/mol. The highest BCUT2D eigenvalue weighted by Crippen LogP contribution is 2.34. The van der Waals surface area contributed by atoms with E-state index in [-0.39, 0.29) is 18.0 Å². The maximum atomic E-state index is 12.0. The fourth-order valence-corrected chi connectivity index (χ4v) is 4.94. The van der Waals surface area contributed by atoms with Crippen LogP contribution in [0.15, 0.2) is 18.2 Å². The summed E-state index contributed by atoms with van der Waals surface area (Å²) >= 11 is 0. The largest absolute Gasteiger partial charge is 0.483 e. The van der Waals surface area contributed by atoms with Crippen molar-refractivity contribution in [1.29, 1.82) is 0 Å². The molecule has 1 aromatic carbocycles. The van der Waals surface area contributed by atoms with Crippen molar-refractivity contribution in [1.82, 2.24) is 10.3 Å². The Bertz CT molecular complexity index is 951. The lowest BCUT2D eigenvalue weighted by Gasteiger charge is -2.41. The molecule has 30 heavy (non-hydrogen) atoms. The molecule has 2 fully saturated rings. The molecule has 2 N–H and O–H groups in total. The van der Waals surface area contributed by atoms with Crippen molar-refractivity contribution in [3.8, 4) is 0 Å². The zero-order valence-electron chi connectivity index (χ0n) is 17.4. The van der Waals surface area contributed by atoms with Crippen molar-refractivity contribution in [3.63, 3.8) is 0 Å². The summed E-state index contributed by atoms with van der Waals surface area (Å²) in [5.74, 6) is 1.18. The van der Waals surface area contributed by atoms with Crippen LogP contribution in [0.2, 0.25) is 0 Å². The van der Waals surface area contributed by atoms with Crippen LogP contribution in [0.25, 0.3) is 10.9 Å². The molecule has 0 bridgehead atoms. The first kappa shape index (κ1) is 20.6. The van der Waals surface area contributed by atoms with Gasteiger partial charge in [0.1, 0.15) is 5.82 Å². The number of anilines is 1. The van der Waals surface area contributed by atoms with Gasteiger partial charge in [-0.1, -0.05) is 0 Å². The molecular formula is C23H29N3O4. The van der Waals surface area contributed by atoms with Gasteiger partial charge in [-0.15, -0.1) is 0 Å². The lowest BCUT2D eigenvalue weighted by atomic mass is 9.87. The van der Waals surface area contributed by atoms with Crippen molar-refractivity contribution in [3.05, 3.63) is 34.9 Å². The minimum absolute atomic E-state index is 0.120. The van der Waals surface area contributed by atoms with E-state index in [2.05, 4.69) is 35.3 Å². The van der Waals surface area contributed by atoms with Gasteiger partial charge in [0.05, 0.1) is 24.1 Å². The molecule has 0 unspecified atom stereocenters. The lowest BCUT2D eigenvalue weighted by molar-refractivity contribution is -0.126. The third kappa shape index (κ3) is 4.12. The van der Waals surface area contributed by atoms with Crippen LogP contribution in [0.3, 0.4) is 0 Å². The van der Waals surface area contributed by atoms with Gasteiger partial charge in [-0.3, -0.25) is 9.59 Å². The van der Waals surface area contributed by atoms with E-state index < -0.39 is 0 Å². The molecule has 1 amide bonds. The average Bonchev–Trinajstić information content (AvgIpc) is 3.10. The Morgan fingerprint density at radius 3 is 2.63 bits per heavy atom. The third-order valence-corrected chi connectivity index (χ3v) is 6.53. The topological polar surface area (TPSA) is 91.8 Å². The number of carbonyl (C=O) groups is 2. The number of piperidine rings is 1. The maximum absolute atomic E-state index is 12.0. The summed E-state index contributed by atoms with van der Waals surface area (Å²) in [7, 11) is 0. The standard InChI is InChI=1S/C22H27N3O2.CH2O2/c1-15-11-20(24-19-13-17-4-2-3-16(17)12-18(15)19)25-8-5-22(6-9-25)14-21(26)23-7-10-27-22;2-1-3/h11-13H,2-10,14H2,1H3,(H,23,26);1H,(H,2,3). The van der Waals surface area contributed by atoms with E-state index in [9.17, 15) is 4.79 Å². The molecule has 1 aliphatic carbocycles. The zero-order chi connectivity index (χ0) is 21.1. The fourth-order valence-electron chi connectivity index (χ4n) is 4.94. The van der Waals surface area contributed by atoms with E-state index in [0.29, 0.717) is 19.6 Å². The number of rotatable bonds is 1. The van der Waals surface area contributed by atoms with Gasteiger partial charge < -0.3 is 20.1 Å².